The summed E-state index contributed by atoms with van der Waals surface area (Å²) in [5.41, 5.74) is 6.12. The highest BCUT2D eigenvalue weighted by atomic mass is 16.5. The zero-order chi connectivity index (χ0) is 14.3. The second-order valence-corrected chi connectivity index (χ2v) is 5.89. The van der Waals surface area contributed by atoms with E-state index in [1.165, 1.54) is 6.42 Å². The second-order valence-electron chi connectivity index (χ2n) is 5.89. The number of hydrogen-bond donors (Lipinski definition) is 1. The van der Waals surface area contributed by atoms with Crippen molar-refractivity contribution < 1.29 is 4.74 Å². The summed E-state index contributed by atoms with van der Waals surface area (Å²) in [5, 5.41) is 0. The fourth-order valence-electron chi connectivity index (χ4n) is 2.77. The highest BCUT2D eigenvalue weighted by Gasteiger charge is 2.31. The van der Waals surface area contributed by atoms with Crippen LogP contribution in [0.2, 0.25) is 0 Å². The minimum atomic E-state index is 0.105. The van der Waals surface area contributed by atoms with Gasteiger partial charge in [-0.15, -0.1) is 0 Å². The largest absolute Gasteiger partial charge is 0.374 e. The number of rotatable bonds is 8. The van der Waals surface area contributed by atoms with E-state index >= 15 is 0 Å². The van der Waals surface area contributed by atoms with Gasteiger partial charge >= 0.3 is 0 Å². The molecule has 0 aromatic carbocycles. The fourth-order valence-corrected chi connectivity index (χ4v) is 2.77. The zero-order valence-corrected chi connectivity index (χ0v) is 13.3. The molecular formula is C15H33N3O. The Labute approximate surface area is 119 Å². The van der Waals surface area contributed by atoms with Gasteiger partial charge in [-0.3, -0.25) is 9.80 Å². The Kier molecular flexibility index (Phi) is 7.29. The Hall–Kier alpha value is -0.160. The number of morpholine rings is 1. The maximum absolute atomic E-state index is 6.01. The molecule has 19 heavy (non-hydrogen) atoms. The van der Waals surface area contributed by atoms with E-state index in [9.17, 15) is 0 Å². The van der Waals surface area contributed by atoms with E-state index in [2.05, 4.69) is 37.5 Å². The van der Waals surface area contributed by atoms with Crippen LogP contribution in [0.3, 0.4) is 0 Å². The molecule has 0 amide bonds. The molecule has 2 atom stereocenters. The molecule has 1 heterocycles. The van der Waals surface area contributed by atoms with Crippen LogP contribution in [0, 0.1) is 0 Å². The van der Waals surface area contributed by atoms with Gasteiger partial charge in [-0.1, -0.05) is 20.8 Å². The molecule has 1 saturated heterocycles. The van der Waals surface area contributed by atoms with E-state index in [-0.39, 0.29) is 5.54 Å². The summed E-state index contributed by atoms with van der Waals surface area (Å²) >= 11 is 0. The van der Waals surface area contributed by atoms with Gasteiger partial charge in [0.25, 0.3) is 0 Å². The molecule has 0 aliphatic carbocycles. The molecule has 0 spiro atoms. The Bertz CT molecular complexity index is 244. The summed E-state index contributed by atoms with van der Waals surface area (Å²) in [6.45, 7) is 15.9. The Balaban J connectivity index is 2.62. The predicted molar refractivity (Wildman–Crippen MR) is 81.5 cm³/mol. The van der Waals surface area contributed by atoms with Crippen LogP contribution in [0.4, 0.5) is 0 Å². The van der Waals surface area contributed by atoms with Crippen molar-refractivity contribution in [2.45, 2.75) is 52.2 Å². The molecule has 4 nitrogen and oxygen atoms in total. The van der Waals surface area contributed by atoms with Crippen LogP contribution < -0.4 is 5.73 Å². The topological polar surface area (TPSA) is 41.7 Å². The van der Waals surface area contributed by atoms with Crippen molar-refractivity contribution in [2.75, 3.05) is 45.9 Å². The molecule has 1 aliphatic rings. The van der Waals surface area contributed by atoms with Gasteiger partial charge in [0.15, 0.2) is 0 Å². The SMILES string of the molecule is CCCN(CC1CN(CC)CCO1)C(C)(CC)CN. The summed E-state index contributed by atoms with van der Waals surface area (Å²) in [5.74, 6) is 0. The summed E-state index contributed by atoms with van der Waals surface area (Å²) < 4.78 is 5.95. The van der Waals surface area contributed by atoms with Crippen LogP contribution in [0.1, 0.15) is 40.5 Å². The number of likely N-dealkylation sites (N-methyl/N-ethyl adjacent to an activating group) is 1. The monoisotopic (exact) mass is 271 g/mol. The lowest BCUT2D eigenvalue weighted by atomic mass is 9.95. The van der Waals surface area contributed by atoms with Crippen LogP contribution in [0.5, 0.6) is 0 Å². The first-order valence-corrected chi connectivity index (χ1v) is 7.88. The molecule has 1 rings (SSSR count). The van der Waals surface area contributed by atoms with Gasteiger partial charge < -0.3 is 10.5 Å². The minimum Gasteiger partial charge on any atom is -0.374 e. The van der Waals surface area contributed by atoms with E-state index < -0.39 is 0 Å². The molecule has 0 radical (unpaired) electrons. The Morgan fingerprint density at radius 3 is 2.63 bits per heavy atom. The lowest BCUT2D eigenvalue weighted by Crippen LogP contribution is -2.56. The van der Waals surface area contributed by atoms with Gasteiger partial charge in [0.1, 0.15) is 0 Å². The molecule has 0 aromatic rings. The molecule has 1 fully saturated rings. The van der Waals surface area contributed by atoms with Crippen LogP contribution in [-0.4, -0.2) is 67.3 Å². The Morgan fingerprint density at radius 1 is 1.37 bits per heavy atom. The maximum atomic E-state index is 6.01. The van der Waals surface area contributed by atoms with Gasteiger partial charge in [0.05, 0.1) is 12.7 Å². The third-order valence-electron chi connectivity index (χ3n) is 4.55. The van der Waals surface area contributed by atoms with Crippen molar-refractivity contribution in [1.82, 2.24) is 9.80 Å². The molecule has 1 aliphatic heterocycles. The molecule has 0 bridgehead atoms. The normalized spacial score (nSPS) is 24.6. The summed E-state index contributed by atoms with van der Waals surface area (Å²) in [6.07, 6.45) is 2.59. The van der Waals surface area contributed by atoms with E-state index in [1.54, 1.807) is 0 Å². The van der Waals surface area contributed by atoms with E-state index in [4.69, 9.17) is 10.5 Å². The van der Waals surface area contributed by atoms with Crippen molar-refractivity contribution in [1.29, 1.82) is 0 Å². The zero-order valence-electron chi connectivity index (χ0n) is 13.3. The second kappa shape index (κ2) is 8.20. The molecule has 4 heteroatoms. The van der Waals surface area contributed by atoms with Crippen molar-refractivity contribution in [3.63, 3.8) is 0 Å². The first-order valence-electron chi connectivity index (χ1n) is 7.88. The molecule has 0 aromatic heterocycles. The van der Waals surface area contributed by atoms with E-state index in [0.29, 0.717) is 12.6 Å². The highest BCUT2D eigenvalue weighted by molar-refractivity contribution is 4.88. The van der Waals surface area contributed by atoms with Gasteiger partial charge in [-0.25, -0.2) is 0 Å². The number of nitrogens with two attached hydrogens (primary N) is 1. The average molecular weight is 271 g/mol. The van der Waals surface area contributed by atoms with Crippen molar-refractivity contribution >= 4 is 0 Å². The third-order valence-corrected chi connectivity index (χ3v) is 4.55. The van der Waals surface area contributed by atoms with Crippen LogP contribution >= 0.6 is 0 Å². The summed E-state index contributed by atoms with van der Waals surface area (Å²) in [6, 6.07) is 0. The van der Waals surface area contributed by atoms with Gasteiger partial charge in [0.2, 0.25) is 0 Å². The molecule has 2 unspecified atom stereocenters. The third kappa shape index (κ3) is 4.71. The maximum Gasteiger partial charge on any atom is 0.0829 e. The first kappa shape index (κ1) is 16.9. The van der Waals surface area contributed by atoms with Crippen molar-refractivity contribution in [3.8, 4) is 0 Å². The fraction of sp³-hybridized carbons (Fsp3) is 1.00. The quantitative estimate of drug-likeness (QED) is 0.727. The standard InChI is InChI=1S/C15H33N3O/c1-5-8-18(15(4,6-2)13-16)12-14-11-17(7-3)9-10-19-14/h14H,5-13,16H2,1-4H3. The van der Waals surface area contributed by atoms with Gasteiger partial charge in [0, 0.05) is 31.7 Å². The first-order chi connectivity index (χ1) is 9.09. The Morgan fingerprint density at radius 2 is 2.11 bits per heavy atom. The van der Waals surface area contributed by atoms with Gasteiger partial charge in [-0.2, -0.15) is 0 Å². The van der Waals surface area contributed by atoms with Crippen molar-refractivity contribution in [2.24, 2.45) is 5.73 Å². The molecule has 114 valence electrons. The summed E-state index contributed by atoms with van der Waals surface area (Å²) in [4.78, 5) is 5.01. The van der Waals surface area contributed by atoms with Gasteiger partial charge in [-0.05, 0) is 32.9 Å². The lowest BCUT2D eigenvalue weighted by Gasteiger charge is -2.43. The minimum absolute atomic E-state index is 0.105. The lowest BCUT2D eigenvalue weighted by molar-refractivity contribution is -0.0569. The predicted octanol–water partition coefficient (Wildman–Crippen LogP) is 1.55. The van der Waals surface area contributed by atoms with Crippen LogP contribution in [-0.2, 0) is 4.74 Å². The summed E-state index contributed by atoms with van der Waals surface area (Å²) in [7, 11) is 0. The number of nitrogens with zero attached hydrogens (tertiary/aromatic N) is 2. The molecule has 0 saturated carbocycles. The smallest absolute Gasteiger partial charge is 0.0829 e. The van der Waals surface area contributed by atoms with Crippen LogP contribution in [0.25, 0.3) is 0 Å². The molecule has 2 N–H and O–H groups in total. The van der Waals surface area contributed by atoms with Crippen molar-refractivity contribution in [3.05, 3.63) is 0 Å². The average Bonchev–Trinajstić information content (AvgIpc) is 2.46. The van der Waals surface area contributed by atoms with E-state index in [0.717, 1.165) is 45.8 Å². The van der Waals surface area contributed by atoms with Crippen LogP contribution in [0.15, 0.2) is 0 Å². The molecular weight excluding hydrogens is 238 g/mol. The highest BCUT2D eigenvalue weighted by Crippen LogP contribution is 2.20. The number of hydrogen-bond acceptors (Lipinski definition) is 4. The number of ether oxygens (including phenoxy) is 1. The van der Waals surface area contributed by atoms with E-state index in [1.807, 2.05) is 0 Å².